The van der Waals surface area contributed by atoms with Gasteiger partial charge in [0.25, 0.3) is 0 Å². The molecule has 1 aromatic heterocycles. The topological polar surface area (TPSA) is 92.2 Å². The molecule has 0 unspecified atom stereocenters. The quantitative estimate of drug-likeness (QED) is 0.719. The second-order valence-electron chi connectivity index (χ2n) is 2.90. The van der Waals surface area contributed by atoms with Gasteiger partial charge in [-0.15, -0.1) is 0 Å². The molecule has 0 fully saturated rings. The van der Waals surface area contributed by atoms with Gasteiger partial charge in [-0.25, -0.2) is 14.8 Å². The van der Waals surface area contributed by atoms with Gasteiger partial charge in [0.15, 0.2) is 5.69 Å². The molecule has 6 nitrogen and oxygen atoms in total. The lowest BCUT2D eigenvalue weighted by atomic mass is 10.3. The highest BCUT2D eigenvalue weighted by Gasteiger charge is 2.05. The first-order chi connectivity index (χ1) is 7.09. The fraction of sp³-hybridized carbons (Fsp3) is 0.333. The lowest BCUT2D eigenvalue weighted by molar-refractivity contribution is -0.118. The summed E-state index contributed by atoms with van der Waals surface area (Å²) in [6.45, 7) is 1.81. The van der Waals surface area contributed by atoms with E-state index in [2.05, 4.69) is 15.3 Å². The third-order valence-corrected chi connectivity index (χ3v) is 1.65. The fourth-order valence-corrected chi connectivity index (χ4v) is 0.989. The molecule has 0 radical (unpaired) electrons. The van der Waals surface area contributed by atoms with Crippen molar-refractivity contribution in [3.05, 3.63) is 23.8 Å². The third-order valence-electron chi connectivity index (χ3n) is 1.65. The van der Waals surface area contributed by atoms with Gasteiger partial charge in [-0.05, 0) is 6.07 Å². The molecule has 2 N–H and O–H groups in total. The Bertz CT molecular complexity index is 379. The molecule has 0 saturated heterocycles. The lowest BCUT2D eigenvalue weighted by Crippen LogP contribution is -2.23. The van der Waals surface area contributed by atoms with E-state index in [0.29, 0.717) is 18.8 Å². The molecule has 1 aromatic rings. The number of nitrogens with zero attached hydrogens (tertiary/aromatic N) is 2. The summed E-state index contributed by atoms with van der Waals surface area (Å²) in [6.07, 6.45) is 1.81. The molecule has 0 saturated carbocycles. The number of amides is 1. The van der Waals surface area contributed by atoms with Gasteiger partial charge < -0.3 is 10.4 Å². The summed E-state index contributed by atoms with van der Waals surface area (Å²) in [5.74, 6) is -0.814. The monoisotopic (exact) mass is 209 g/mol. The van der Waals surface area contributed by atoms with E-state index >= 15 is 0 Å². The largest absolute Gasteiger partial charge is 0.477 e. The van der Waals surface area contributed by atoms with Crippen LogP contribution in [0.2, 0.25) is 0 Å². The van der Waals surface area contributed by atoms with Crippen LogP contribution in [-0.2, 0) is 11.2 Å². The van der Waals surface area contributed by atoms with E-state index in [4.69, 9.17) is 5.11 Å². The molecule has 80 valence electrons. The summed E-state index contributed by atoms with van der Waals surface area (Å²) in [4.78, 5) is 28.8. The van der Waals surface area contributed by atoms with Gasteiger partial charge in [0.2, 0.25) is 5.91 Å². The van der Waals surface area contributed by atoms with E-state index in [1.807, 2.05) is 0 Å². The van der Waals surface area contributed by atoms with Crippen molar-refractivity contribution in [3.8, 4) is 0 Å². The van der Waals surface area contributed by atoms with Crippen molar-refractivity contribution < 1.29 is 14.7 Å². The molecule has 6 heteroatoms. The minimum Gasteiger partial charge on any atom is -0.477 e. The standard InChI is InChI=1S/C9H11N3O3/c1-6(13)10-5-3-8-11-4-2-7(12-8)9(14)15/h2,4H,3,5H2,1H3,(H,10,13)(H,14,15). The maximum absolute atomic E-state index is 10.6. The molecule has 0 spiro atoms. The summed E-state index contributed by atoms with van der Waals surface area (Å²) in [6, 6.07) is 1.32. The Morgan fingerprint density at radius 2 is 2.27 bits per heavy atom. The fourth-order valence-electron chi connectivity index (χ4n) is 0.989. The van der Waals surface area contributed by atoms with E-state index < -0.39 is 5.97 Å². The van der Waals surface area contributed by atoms with Crippen LogP contribution in [0.25, 0.3) is 0 Å². The molecule has 15 heavy (non-hydrogen) atoms. The molecule has 0 atom stereocenters. The molecular weight excluding hydrogens is 198 g/mol. The second kappa shape index (κ2) is 5.04. The predicted octanol–water partition coefficient (Wildman–Crippen LogP) is -0.147. The SMILES string of the molecule is CC(=O)NCCc1nccc(C(=O)O)n1. The summed E-state index contributed by atoms with van der Waals surface area (Å²) < 4.78 is 0. The van der Waals surface area contributed by atoms with Crippen LogP contribution in [-0.4, -0.2) is 33.5 Å². The number of hydrogen-bond acceptors (Lipinski definition) is 4. The minimum absolute atomic E-state index is 0.0391. The first-order valence-electron chi connectivity index (χ1n) is 4.39. The van der Waals surface area contributed by atoms with Crippen molar-refractivity contribution in [1.29, 1.82) is 0 Å². The molecule has 0 bridgehead atoms. The summed E-state index contributed by atoms with van der Waals surface area (Å²) in [7, 11) is 0. The van der Waals surface area contributed by atoms with Crippen LogP contribution in [0.15, 0.2) is 12.3 Å². The van der Waals surface area contributed by atoms with Crippen LogP contribution in [0.3, 0.4) is 0 Å². The third kappa shape index (κ3) is 3.72. The van der Waals surface area contributed by atoms with Crippen molar-refractivity contribution in [2.75, 3.05) is 6.54 Å². The van der Waals surface area contributed by atoms with E-state index in [1.54, 1.807) is 0 Å². The van der Waals surface area contributed by atoms with Crippen LogP contribution in [0.4, 0.5) is 0 Å². The molecule has 1 heterocycles. The zero-order valence-electron chi connectivity index (χ0n) is 8.23. The van der Waals surface area contributed by atoms with E-state index in [1.165, 1.54) is 19.2 Å². The van der Waals surface area contributed by atoms with Crippen molar-refractivity contribution in [2.45, 2.75) is 13.3 Å². The Labute approximate surface area is 86.4 Å². The smallest absolute Gasteiger partial charge is 0.354 e. The van der Waals surface area contributed by atoms with Crippen LogP contribution in [0.1, 0.15) is 23.2 Å². The summed E-state index contributed by atoms with van der Waals surface area (Å²) in [5.41, 5.74) is -0.0391. The van der Waals surface area contributed by atoms with Crippen molar-refractivity contribution in [1.82, 2.24) is 15.3 Å². The predicted molar refractivity (Wildman–Crippen MR) is 51.4 cm³/mol. The lowest BCUT2D eigenvalue weighted by Gasteiger charge is -2.01. The highest BCUT2D eigenvalue weighted by molar-refractivity contribution is 5.85. The van der Waals surface area contributed by atoms with Gasteiger partial charge in [0.1, 0.15) is 5.82 Å². The Balaban J connectivity index is 2.58. The minimum atomic E-state index is -1.09. The van der Waals surface area contributed by atoms with Crippen LogP contribution in [0.5, 0.6) is 0 Å². The molecule has 0 aromatic carbocycles. The average Bonchev–Trinajstić information content (AvgIpc) is 2.17. The first kappa shape index (κ1) is 11.1. The van der Waals surface area contributed by atoms with Crippen molar-refractivity contribution in [3.63, 3.8) is 0 Å². The van der Waals surface area contributed by atoms with Crippen LogP contribution >= 0.6 is 0 Å². The van der Waals surface area contributed by atoms with Gasteiger partial charge in [-0.2, -0.15) is 0 Å². The van der Waals surface area contributed by atoms with Gasteiger partial charge in [-0.3, -0.25) is 4.79 Å². The van der Waals surface area contributed by atoms with E-state index in [0.717, 1.165) is 0 Å². The maximum Gasteiger partial charge on any atom is 0.354 e. The molecule has 0 aliphatic heterocycles. The van der Waals surface area contributed by atoms with Gasteiger partial charge in [0, 0.05) is 26.1 Å². The zero-order valence-corrected chi connectivity index (χ0v) is 8.23. The average molecular weight is 209 g/mol. The number of nitrogens with one attached hydrogen (secondary N) is 1. The number of carboxylic acids is 1. The zero-order chi connectivity index (χ0) is 11.3. The maximum atomic E-state index is 10.6. The number of carbonyl (C=O) groups excluding carboxylic acids is 1. The molecular formula is C9H11N3O3. The summed E-state index contributed by atoms with van der Waals surface area (Å²) in [5, 5.41) is 11.2. The Kier molecular flexibility index (Phi) is 3.73. The number of carboxylic acid groups (broad SMARTS) is 1. The number of aromatic carboxylic acids is 1. The molecule has 0 aliphatic carbocycles. The van der Waals surface area contributed by atoms with Gasteiger partial charge in [0.05, 0.1) is 0 Å². The van der Waals surface area contributed by atoms with Crippen LogP contribution in [0, 0.1) is 0 Å². The van der Waals surface area contributed by atoms with Gasteiger partial charge >= 0.3 is 5.97 Å². The second-order valence-corrected chi connectivity index (χ2v) is 2.90. The number of hydrogen-bond donors (Lipinski definition) is 2. The van der Waals surface area contributed by atoms with E-state index in [9.17, 15) is 9.59 Å². The molecule has 1 amide bonds. The van der Waals surface area contributed by atoms with E-state index in [-0.39, 0.29) is 11.6 Å². The normalized spacial score (nSPS) is 9.67. The number of aromatic nitrogens is 2. The molecule has 1 rings (SSSR count). The first-order valence-corrected chi connectivity index (χ1v) is 4.39. The highest BCUT2D eigenvalue weighted by atomic mass is 16.4. The van der Waals surface area contributed by atoms with Crippen molar-refractivity contribution in [2.24, 2.45) is 0 Å². The van der Waals surface area contributed by atoms with Crippen molar-refractivity contribution >= 4 is 11.9 Å². The number of carbonyl (C=O) groups is 2. The van der Waals surface area contributed by atoms with Gasteiger partial charge in [-0.1, -0.05) is 0 Å². The highest BCUT2D eigenvalue weighted by Crippen LogP contribution is 1.96. The van der Waals surface area contributed by atoms with Crippen LogP contribution < -0.4 is 5.32 Å². The Morgan fingerprint density at radius 3 is 2.87 bits per heavy atom. The Hall–Kier alpha value is -1.98. The number of rotatable bonds is 4. The Morgan fingerprint density at radius 1 is 1.53 bits per heavy atom. The molecule has 0 aliphatic rings. The summed E-state index contributed by atoms with van der Waals surface area (Å²) >= 11 is 0.